The van der Waals surface area contributed by atoms with Crippen LogP contribution >= 0.6 is 11.3 Å². The highest BCUT2D eigenvalue weighted by Gasteiger charge is 2.24. The van der Waals surface area contributed by atoms with Gasteiger partial charge in [-0.1, -0.05) is 6.07 Å². The van der Waals surface area contributed by atoms with Crippen molar-refractivity contribution in [3.05, 3.63) is 34.5 Å². The van der Waals surface area contributed by atoms with Crippen molar-refractivity contribution in [2.75, 3.05) is 13.7 Å². The molecule has 7 heteroatoms. The second kappa shape index (κ2) is 6.81. The number of ether oxygens (including phenoxy) is 1. The van der Waals surface area contributed by atoms with Crippen LogP contribution in [0.25, 0.3) is 22.1 Å². The summed E-state index contributed by atoms with van der Waals surface area (Å²) in [6.07, 6.45) is 0.859. The van der Waals surface area contributed by atoms with Gasteiger partial charge in [-0.15, -0.1) is 11.3 Å². The summed E-state index contributed by atoms with van der Waals surface area (Å²) >= 11 is 1.70. The molecule has 1 aliphatic heterocycles. The van der Waals surface area contributed by atoms with E-state index in [0.717, 1.165) is 46.6 Å². The maximum absolute atomic E-state index is 5.99. The fraction of sp³-hybridized carbons (Fsp3) is 0.421. The Labute approximate surface area is 157 Å². The predicted molar refractivity (Wildman–Crippen MR) is 104 cm³/mol. The lowest BCUT2D eigenvalue weighted by atomic mass is 10.1. The molecular formula is C19H23N5OS. The Morgan fingerprint density at radius 1 is 1.31 bits per heavy atom. The second-order valence-corrected chi connectivity index (χ2v) is 7.85. The summed E-state index contributed by atoms with van der Waals surface area (Å²) in [5.41, 5.74) is 3.29. The number of fused-ring (bicyclic) bond motifs is 3. The Morgan fingerprint density at radius 2 is 2.15 bits per heavy atom. The third-order valence-electron chi connectivity index (χ3n) is 4.38. The van der Waals surface area contributed by atoms with Crippen LogP contribution in [-0.2, 0) is 13.0 Å². The molecule has 0 spiro atoms. The van der Waals surface area contributed by atoms with Crippen molar-refractivity contribution < 1.29 is 4.74 Å². The van der Waals surface area contributed by atoms with E-state index in [2.05, 4.69) is 47.4 Å². The Hall–Kier alpha value is -2.25. The lowest BCUT2D eigenvalue weighted by molar-refractivity contribution is 0.327. The van der Waals surface area contributed by atoms with Gasteiger partial charge in [-0.3, -0.25) is 0 Å². The van der Waals surface area contributed by atoms with Gasteiger partial charge in [0.2, 0.25) is 0 Å². The highest BCUT2D eigenvalue weighted by atomic mass is 32.1. The van der Waals surface area contributed by atoms with Gasteiger partial charge in [0.05, 0.1) is 12.3 Å². The average molecular weight is 369 g/mol. The summed E-state index contributed by atoms with van der Waals surface area (Å²) in [6.45, 7) is 7.64. The van der Waals surface area contributed by atoms with E-state index < -0.39 is 0 Å². The standard InChI is InChI=1S/C19H23N5OS/c1-11(2)24-18(21-12(3)23-24)19-22-17-14-6-5-13(10-20-4)9-15(14)25-8-7-16(17)26-19/h5-6,9,11,20H,7-8,10H2,1-4H3. The molecule has 0 radical (unpaired) electrons. The molecule has 0 amide bonds. The Kier molecular flexibility index (Phi) is 4.50. The van der Waals surface area contributed by atoms with Crippen LogP contribution in [0, 0.1) is 6.92 Å². The van der Waals surface area contributed by atoms with Crippen molar-refractivity contribution in [1.82, 2.24) is 25.1 Å². The molecule has 0 saturated carbocycles. The summed E-state index contributed by atoms with van der Waals surface area (Å²) in [6, 6.07) is 6.61. The number of rotatable bonds is 4. The van der Waals surface area contributed by atoms with Crippen LogP contribution in [0.15, 0.2) is 18.2 Å². The van der Waals surface area contributed by atoms with Crippen LogP contribution in [0.4, 0.5) is 0 Å². The minimum absolute atomic E-state index is 0.245. The molecule has 0 fully saturated rings. The van der Waals surface area contributed by atoms with Gasteiger partial charge >= 0.3 is 0 Å². The molecule has 0 bridgehead atoms. The van der Waals surface area contributed by atoms with Gasteiger partial charge in [0.25, 0.3) is 0 Å². The van der Waals surface area contributed by atoms with E-state index in [1.807, 2.05) is 18.7 Å². The third kappa shape index (κ3) is 3.01. The van der Waals surface area contributed by atoms with Crippen LogP contribution in [0.3, 0.4) is 0 Å². The largest absolute Gasteiger partial charge is 0.492 e. The topological polar surface area (TPSA) is 64.9 Å². The molecule has 136 valence electrons. The first-order valence-electron chi connectivity index (χ1n) is 8.90. The fourth-order valence-electron chi connectivity index (χ4n) is 3.21. The molecule has 3 aromatic rings. The summed E-state index contributed by atoms with van der Waals surface area (Å²) in [4.78, 5) is 10.8. The van der Waals surface area contributed by atoms with E-state index in [1.54, 1.807) is 11.3 Å². The summed E-state index contributed by atoms with van der Waals surface area (Å²) in [7, 11) is 1.95. The lowest BCUT2D eigenvalue weighted by Gasteiger charge is -2.09. The zero-order valence-corrected chi connectivity index (χ0v) is 16.4. The quantitative estimate of drug-likeness (QED) is 0.761. The van der Waals surface area contributed by atoms with Gasteiger partial charge in [0.1, 0.15) is 11.6 Å². The number of nitrogens with zero attached hydrogens (tertiary/aromatic N) is 4. The summed E-state index contributed by atoms with van der Waals surface area (Å²) in [5.74, 6) is 2.54. The van der Waals surface area contributed by atoms with E-state index in [0.29, 0.717) is 6.61 Å². The minimum atomic E-state index is 0.245. The predicted octanol–water partition coefficient (Wildman–Crippen LogP) is 3.61. The Morgan fingerprint density at radius 3 is 2.92 bits per heavy atom. The van der Waals surface area contributed by atoms with E-state index in [9.17, 15) is 0 Å². The first kappa shape index (κ1) is 17.2. The van der Waals surface area contributed by atoms with E-state index in [1.165, 1.54) is 10.4 Å². The van der Waals surface area contributed by atoms with Gasteiger partial charge < -0.3 is 10.1 Å². The SMILES string of the molecule is CNCc1ccc2c(c1)OCCc1sc(-c3nc(C)nn3C(C)C)nc1-2. The van der Waals surface area contributed by atoms with Gasteiger partial charge in [-0.05, 0) is 45.5 Å². The molecule has 1 aliphatic rings. The number of aromatic nitrogens is 4. The number of aryl methyl sites for hydroxylation is 1. The second-order valence-electron chi connectivity index (χ2n) is 6.77. The summed E-state index contributed by atoms with van der Waals surface area (Å²) < 4.78 is 7.95. The Bertz CT molecular complexity index is 944. The number of nitrogens with one attached hydrogen (secondary N) is 1. The molecule has 2 aromatic heterocycles. The molecule has 1 aromatic carbocycles. The third-order valence-corrected chi connectivity index (χ3v) is 5.49. The molecule has 26 heavy (non-hydrogen) atoms. The maximum atomic E-state index is 5.99. The average Bonchev–Trinajstić information content (AvgIpc) is 3.15. The van der Waals surface area contributed by atoms with Crippen LogP contribution < -0.4 is 10.1 Å². The highest BCUT2D eigenvalue weighted by molar-refractivity contribution is 7.15. The van der Waals surface area contributed by atoms with Crippen LogP contribution in [0.5, 0.6) is 5.75 Å². The minimum Gasteiger partial charge on any atom is -0.492 e. The molecule has 6 nitrogen and oxygen atoms in total. The molecule has 4 rings (SSSR count). The normalized spacial score (nSPS) is 13.3. The van der Waals surface area contributed by atoms with Gasteiger partial charge in [-0.2, -0.15) is 5.10 Å². The van der Waals surface area contributed by atoms with Gasteiger partial charge in [0.15, 0.2) is 10.8 Å². The van der Waals surface area contributed by atoms with Crippen LogP contribution in [0.2, 0.25) is 0 Å². The first-order chi connectivity index (χ1) is 12.6. The number of hydrogen-bond donors (Lipinski definition) is 1. The zero-order valence-electron chi connectivity index (χ0n) is 15.5. The monoisotopic (exact) mass is 369 g/mol. The molecule has 0 atom stereocenters. The Balaban J connectivity index is 1.81. The smallest absolute Gasteiger partial charge is 0.187 e. The van der Waals surface area contributed by atoms with Crippen molar-refractivity contribution in [3.63, 3.8) is 0 Å². The van der Waals surface area contributed by atoms with Crippen LogP contribution in [-0.4, -0.2) is 33.4 Å². The molecular weight excluding hydrogens is 346 g/mol. The first-order valence-corrected chi connectivity index (χ1v) is 9.72. The van der Waals surface area contributed by atoms with E-state index in [-0.39, 0.29) is 6.04 Å². The van der Waals surface area contributed by atoms with Gasteiger partial charge in [-0.25, -0.2) is 14.6 Å². The van der Waals surface area contributed by atoms with Crippen LogP contribution in [0.1, 0.15) is 36.2 Å². The molecule has 3 heterocycles. The summed E-state index contributed by atoms with van der Waals surface area (Å²) in [5, 5.41) is 8.64. The number of thiazole rings is 1. The molecule has 1 N–H and O–H groups in total. The highest BCUT2D eigenvalue weighted by Crippen LogP contribution is 2.40. The molecule has 0 aliphatic carbocycles. The van der Waals surface area contributed by atoms with Crippen molar-refractivity contribution in [2.45, 2.75) is 39.8 Å². The number of hydrogen-bond acceptors (Lipinski definition) is 6. The molecule has 0 saturated heterocycles. The van der Waals surface area contributed by atoms with E-state index in [4.69, 9.17) is 9.72 Å². The molecule has 0 unspecified atom stereocenters. The number of benzene rings is 1. The lowest BCUT2D eigenvalue weighted by Crippen LogP contribution is -2.06. The van der Waals surface area contributed by atoms with Crippen molar-refractivity contribution in [3.8, 4) is 27.8 Å². The zero-order chi connectivity index (χ0) is 18.3. The van der Waals surface area contributed by atoms with E-state index >= 15 is 0 Å². The van der Waals surface area contributed by atoms with Gasteiger partial charge in [0, 0.05) is 29.4 Å². The van der Waals surface area contributed by atoms with Crippen molar-refractivity contribution in [2.24, 2.45) is 0 Å². The maximum Gasteiger partial charge on any atom is 0.187 e. The fourth-order valence-corrected chi connectivity index (χ4v) is 4.25. The van der Waals surface area contributed by atoms with Crippen molar-refractivity contribution in [1.29, 1.82) is 0 Å². The van der Waals surface area contributed by atoms with Crippen molar-refractivity contribution >= 4 is 11.3 Å².